The van der Waals surface area contributed by atoms with E-state index in [0.717, 1.165) is 29.6 Å². The lowest BCUT2D eigenvalue weighted by Crippen LogP contribution is -2.41. The number of carbonyl (C=O) groups is 1. The molecule has 0 aliphatic carbocycles. The zero-order valence-corrected chi connectivity index (χ0v) is 17.7. The zero-order valence-electron chi connectivity index (χ0n) is 17.7. The topological polar surface area (TPSA) is 83.2 Å². The average molecular weight is 431 g/mol. The largest absolute Gasteiger partial charge is 0.490 e. The second-order valence-electron chi connectivity index (χ2n) is 8.44. The lowest BCUT2D eigenvalue weighted by Gasteiger charge is -2.29. The quantitative estimate of drug-likeness (QED) is 0.423. The maximum atomic E-state index is 14.9. The summed E-state index contributed by atoms with van der Waals surface area (Å²) < 4.78 is 20.6. The van der Waals surface area contributed by atoms with Crippen LogP contribution in [-0.2, 0) is 5.54 Å². The molecule has 4 aromatic rings. The Hall–Kier alpha value is -3.87. The highest BCUT2D eigenvalue weighted by molar-refractivity contribution is 6.00. The van der Waals surface area contributed by atoms with Crippen LogP contribution in [-0.4, -0.2) is 24.0 Å². The number of benzene rings is 3. The van der Waals surface area contributed by atoms with Gasteiger partial charge in [-0.3, -0.25) is 9.59 Å². The van der Waals surface area contributed by atoms with E-state index in [1.54, 1.807) is 18.2 Å². The first kappa shape index (κ1) is 20.1. The summed E-state index contributed by atoms with van der Waals surface area (Å²) in [5, 5.41) is 6.84. The third-order valence-corrected chi connectivity index (χ3v) is 5.84. The number of carbonyl (C=O) groups excluding carboxylic acids is 1. The molecule has 162 valence electrons. The Morgan fingerprint density at radius 1 is 1.06 bits per heavy atom. The van der Waals surface area contributed by atoms with E-state index in [2.05, 4.69) is 15.6 Å². The summed E-state index contributed by atoms with van der Waals surface area (Å²) in [5.41, 5.74) is 1.58. The van der Waals surface area contributed by atoms with Crippen molar-refractivity contribution >= 4 is 33.4 Å². The molecule has 1 aliphatic heterocycles. The normalized spacial score (nSPS) is 13.3. The van der Waals surface area contributed by atoms with Gasteiger partial charge in [0.2, 0.25) is 0 Å². The lowest BCUT2D eigenvalue weighted by molar-refractivity contribution is 0.0908. The minimum absolute atomic E-state index is 0.132. The molecule has 0 saturated carbocycles. The maximum absolute atomic E-state index is 14.9. The van der Waals surface area contributed by atoms with E-state index >= 15 is 0 Å². The van der Waals surface area contributed by atoms with Gasteiger partial charge in [-0.25, -0.2) is 4.39 Å². The first-order chi connectivity index (χ1) is 15.3. The third-order valence-electron chi connectivity index (χ3n) is 5.84. The van der Waals surface area contributed by atoms with Gasteiger partial charge in [-0.2, -0.15) is 0 Å². The van der Waals surface area contributed by atoms with Crippen molar-refractivity contribution < 1.29 is 13.9 Å². The van der Waals surface area contributed by atoms with Crippen LogP contribution in [0.15, 0.2) is 59.4 Å². The van der Waals surface area contributed by atoms with Gasteiger partial charge in [0.25, 0.3) is 5.91 Å². The van der Waals surface area contributed by atoms with Gasteiger partial charge in [0, 0.05) is 22.8 Å². The maximum Gasteiger partial charge on any atom is 0.255 e. The Morgan fingerprint density at radius 3 is 2.72 bits per heavy atom. The molecule has 3 N–H and O–H groups in total. The number of ether oxygens (including phenoxy) is 1. The second-order valence-corrected chi connectivity index (χ2v) is 8.44. The van der Waals surface area contributed by atoms with Gasteiger partial charge in [-0.15, -0.1) is 0 Å². The van der Waals surface area contributed by atoms with Crippen molar-refractivity contribution in [2.75, 3.05) is 18.5 Å². The van der Waals surface area contributed by atoms with Gasteiger partial charge >= 0.3 is 0 Å². The van der Waals surface area contributed by atoms with Crippen molar-refractivity contribution in [3.8, 4) is 5.75 Å². The Bertz CT molecular complexity index is 1440. The van der Waals surface area contributed by atoms with Crippen molar-refractivity contribution in [1.29, 1.82) is 0 Å². The Morgan fingerprint density at radius 2 is 1.88 bits per heavy atom. The monoisotopic (exact) mass is 431 g/mol. The zero-order chi connectivity index (χ0) is 22.5. The first-order valence-electron chi connectivity index (χ1n) is 10.4. The van der Waals surface area contributed by atoms with E-state index in [4.69, 9.17) is 4.74 Å². The standard InChI is InChI=1S/C25H22FN3O3/c1-25(2,14-7-8-20-22(11-14)32-10-9-27-20)29-24(31)16-13-21-17(12-18(16)26)23(30)15-5-3-4-6-19(15)28-21/h3-8,11-13,27H,9-10H2,1-2H3,(H,28,30)(H,29,31). The number of nitrogens with one attached hydrogen (secondary N) is 3. The number of H-pyrrole nitrogens is 1. The van der Waals surface area contributed by atoms with Gasteiger partial charge in [-0.05, 0) is 55.8 Å². The van der Waals surface area contributed by atoms with E-state index in [9.17, 15) is 14.0 Å². The summed E-state index contributed by atoms with van der Waals surface area (Å²) in [4.78, 5) is 28.9. The molecule has 1 aliphatic rings. The molecule has 0 atom stereocenters. The molecule has 0 saturated heterocycles. The fourth-order valence-corrected chi connectivity index (χ4v) is 4.07. The minimum Gasteiger partial charge on any atom is -0.490 e. The number of hydrogen-bond acceptors (Lipinski definition) is 4. The number of pyridine rings is 1. The molecule has 0 bridgehead atoms. The molecule has 0 radical (unpaired) electrons. The van der Waals surface area contributed by atoms with Gasteiger partial charge < -0.3 is 20.4 Å². The van der Waals surface area contributed by atoms with Crippen LogP contribution in [0.1, 0.15) is 29.8 Å². The fourth-order valence-electron chi connectivity index (χ4n) is 4.07. The molecule has 6 nitrogen and oxygen atoms in total. The Balaban J connectivity index is 1.51. The van der Waals surface area contributed by atoms with Crippen LogP contribution in [0, 0.1) is 5.82 Å². The third kappa shape index (κ3) is 3.36. The number of aromatic amines is 1. The summed E-state index contributed by atoms with van der Waals surface area (Å²) in [6.07, 6.45) is 0. The van der Waals surface area contributed by atoms with Crippen LogP contribution in [0.2, 0.25) is 0 Å². The highest BCUT2D eigenvalue weighted by Crippen LogP contribution is 2.32. The number of amides is 1. The molecule has 5 rings (SSSR count). The van der Waals surface area contributed by atoms with E-state index in [1.165, 1.54) is 6.07 Å². The van der Waals surface area contributed by atoms with E-state index < -0.39 is 17.3 Å². The highest BCUT2D eigenvalue weighted by Gasteiger charge is 2.27. The minimum atomic E-state index is -0.787. The highest BCUT2D eigenvalue weighted by atomic mass is 19.1. The fraction of sp³-hybridized carbons (Fsp3) is 0.200. The molecule has 0 fully saturated rings. The molecular weight excluding hydrogens is 409 g/mol. The predicted octanol–water partition coefficient (Wildman–Crippen LogP) is 4.29. The molecule has 3 aromatic carbocycles. The molecule has 7 heteroatoms. The van der Waals surface area contributed by atoms with Crippen molar-refractivity contribution in [3.63, 3.8) is 0 Å². The summed E-state index contributed by atoms with van der Waals surface area (Å²) in [7, 11) is 0. The van der Waals surface area contributed by atoms with Crippen molar-refractivity contribution in [2.45, 2.75) is 19.4 Å². The van der Waals surface area contributed by atoms with Crippen LogP contribution in [0.3, 0.4) is 0 Å². The summed E-state index contributed by atoms with van der Waals surface area (Å²) >= 11 is 0. The molecule has 0 unspecified atom stereocenters. The Labute approximate surface area is 183 Å². The smallest absolute Gasteiger partial charge is 0.255 e. The lowest BCUT2D eigenvalue weighted by atomic mass is 9.93. The van der Waals surface area contributed by atoms with Crippen LogP contribution >= 0.6 is 0 Å². The van der Waals surface area contributed by atoms with Crippen LogP contribution < -0.4 is 20.8 Å². The van der Waals surface area contributed by atoms with Gasteiger partial charge in [0.05, 0.1) is 22.3 Å². The number of para-hydroxylation sites is 1. The molecule has 2 heterocycles. The van der Waals surface area contributed by atoms with Gasteiger partial charge in [0.15, 0.2) is 5.43 Å². The molecule has 1 amide bonds. The summed E-state index contributed by atoms with van der Waals surface area (Å²) in [5.74, 6) is -0.595. The van der Waals surface area contributed by atoms with E-state index in [-0.39, 0.29) is 16.4 Å². The number of halogens is 1. The van der Waals surface area contributed by atoms with E-state index in [0.29, 0.717) is 23.0 Å². The van der Waals surface area contributed by atoms with Crippen molar-refractivity contribution in [3.05, 3.63) is 81.8 Å². The SMILES string of the molecule is CC(C)(NC(=O)c1cc2[nH]c3ccccc3c(=O)c2cc1F)c1ccc2c(c1)OCCN2. The van der Waals surface area contributed by atoms with Crippen LogP contribution in [0.5, 0.6) is 5.75 Å². The average Bonchev–Trinajstić information content (AvgIpc) is 2.79. The van der Waals surface area contributed by atoms with Crippen molar-refractivity contribution in [2.24, 2.45) is 0 Å². The summed E-state index contributed by atoms with van der Waals surface area (Å²) in [6, 6.07) is 15.2. The van der Waals surface area contributed by atoms with Gasteiger partial charge in [0.1, 0.15) is 18.2 Å². The first-order valence-corrected chi connectivity index (χ1v) is 10.4. The Kier molecular flexibility index (Phi) is 4.62. The van der Waals surface area contributed by atoms with Crippen LogP contribution in [0.4, 0.5) is 10.1 Å². The van der Waals surface area contributed by atoms with Crippen LogP contribution in [0.25, 0.3) is 21.8 Å². The number of aromatic nitrogens is 1. The number of hydrogen-bond donors (Lipinski definition) is 3. The number of anilines is 1. The van der Waals surface area contributed by atoms with Crippen molar-refractivity contribution in [1.82, 2.24) is 10.3 Å². The number of rotatable bonds is 3. The van der Waals surface area contributed by atoms with Gasteiger partial charge in [-0.1, -0.05) is 18.2 Å². The molecular formula is C25H22FN3O3. The number of fused-ring (bicyclic) bond motifs is 3. The molecule has 0 spiro atoms. The molecule has 1 aromatic heterocycles. The predicted molar refractivity (Wildman–Crippen MR) is 123 cm³/mol. The van der Waals surface area contributed by atoms with E-state index in [1.807, 2.05) is 38.1 Å². The summed E-state index contributed by atoms with van der Waals surface area (Å²) in [6.45, 7) is 5.00. The molecule has 32 heavy (non-hydrogen) atoms. The second kappa shape index (κ2) is 7.37.